The van der Waals surface area contributed by atoms with Crippen LogP contribution in [0.25, 0.3) is 21.5 Å². The predicted octanol–water partition coefficient (Wildman–Crippen LogP) is 1.45. The Hall–Kier alpha value is -1.18. The minimum atomic E-state index is 0. The van der Waals surface area contributed by atoms with Gasteiger partial charge in [0, 0.05) is 0 Å². The smallest absolute Gasteiger partial charge is 1.00 e. The fraction of sp³-hybridized carbons (Fsp3) is 0.240. The van der Waals surface area contributed by atoms with Crippen molar-refractivity contribution in [2.24, 2.45) is 0 Å². The van der Waals surface area contributed by atoms with Gasteiger partial charge < -0.3 is 24.8 Å². The van der Waals surface area contributed by atoms with Crippen LogP contribution >= 0.6 is 0 Å². The van der Waals surface area contributed by atoms with E-state index < -0.39 is 0 Å². The first-order valence-corrected chi connectivity index (χ1v) is 9.11. The summed E-state index contributed by atoms with van der Waals surface area (Å²) in [4.78, 5) is 0. The van der Waals surface area contributed by atoms with Gasteiger partial charge in [0.1, 0.15) is 0 Å². The summed E-state index contributed by atoms with van der Waals surface area (Å²) in [5, 5.41) is 5.39. The molecule has 3 heteroatoms. The van der Waals surface area contributed by atoms with Gasteiger partial charge >= 0.3 is 21.7 Å². The molecule has 4 aromatic carbocycles. The minimum Gasteiger partial charge on any atom is -1.00 e. The molecule has 0 spiro atoms. The Labute approximate surface area is 196 Å². The topological polar surface area (TPSA) is 0 Å². The zero-order valence-corrected chi connectivity index (χ0v) is 19.9. The SMILES string of the molecule is CC(C)c1[c-]c(C(C)C)ccc1.[Cl-].[Cl-].[Ti+4].c1ccc2c(c1)[cH-]c1ccccc12. The van der Waals surface area contributed by atoms with E-state index in [2.05, 4.69) is 107 Å². The van der Waals surface area contributed by atoms with Crippen molar-refractivity contribution >= 4 is 21.5 Å². The molecule has 0 saturated heterocycles. The van der Waals surface area contributed by atoms with Crippen LogP contribution in [0.15, 0.2) is 72.8 Å². The zero-order valence-electron chi connectivity index (χ0n) is 16.8. The van der Waals surface area contributed by atoms with E-state index >= 15 is 0 Å². The monoisotopic (exact) mass is 444 g/mol. The summed E-state index contributed by atoms with van der Waals surface area (Å²) in [6.07, 6.45) is 0. The van der Waals surface area contributed by atoms with Gasteiger partial charge in [-0.2, -0.15) is 35.4 Å². The first kappa shape index (κ1) is 26.8. The Morgan fingerprint density at radius 2 is 1.00 bits per heavy atom. The molecule has 0 fully saturated rings. The van der Waals surface area contributed by atoms with Gasteiger partial charge in [0.25, 0.3) is 0 Å². The molecule has 0 nitrogen and oxygen atoms in total. The molecule has 0 aliphatic carbocycles. The largest absolute Gasteiger partial charge is 4.00 e. The van der Waals surface area contributed by atoms with Crippen molar-refractivity contribution in [2.75, 3.05) is 0 Å². The molecule has 0 aliphatic rings. The molecule has 4 aromatic rings. The van der Waals surface area contributed by atoms with Crippen LogP contribution in [-0.2, 0) is 21.7 Å². The van der Waals surface area contributed by atoms with Crippen LogP contribution in [0.5, 0.6) is 0 Å². The van der Waals surface area contributed by atoms with Crippen LogP contribution < -0.4 is 24.8 Å². The molecule has 0 unspecified atom stereocenters. The molecule has 0 bridgehead atoms. The summed E-state index contributed by atoms with van der Waals surface area (Å²) in [6.45, 7) is 8.82. The molecule has 0 atom stereocenters. The normalized spacial score (nSPS) is 9.93. The Balaban J connectivity index is 0.000000472. The van der Waals surface area contributed by atoms with Crippen LogP contribution in [0.3, 0.4) is 0 Å². The standard InChI is InChI=1S/C13H9.C12H17.2ClH.Ti/c1-3-7-12-10(5-1)9-11-6-2-4-8-13(11)12;1-9(2)11-6-5-7-12(8-11)10(3)4;;;/h1-9H;5-7,9-10H,1-4H3;2*1H;/q2*-1;;;+4/p-2. The number of rotatable bonds is 2. The molecule has 28 heavy (non-hydrogen) atoms. The summed E-state index contributed by atoms with van der Waals surface area (Å²) in [7, 11) is 0. The summed E-state index contributed by atoms with van der Waals surface area (Å²) < 4.78 is 0. The molecule has 0 saturated carbocycles. The van der Waals surface area contributed by atoms with Gasteiger partial charge in [0.05, 0.1) is 0 Å². The van der Waals surface area contributed by atoms with Crippen molar-refractivity contribution in [1.82, 2.24) is 0 Å². The fourth-order valence-corrected chi connectivity index (χ4v) is 3.08. The summed E-state index contributed by atoms with van der Waals surface area (Å²) >= 11 is 0. The molecule has 144 valence electrons. The third-order valence-electron chi connectivity index (χ3n) is 4.61. The molecule has 4 rings (SSSR count). The van der Waals surface area contributed by atoms with Crippen LogP contribution in [0, 0.1) is 6.07 Å². The van der Waals surface area contributed by atoms with E-state index in [1.165, 1.54) is 32.7 Å². The van der Waals surface area contributed by atoms with E-state index in [1.54, 1.807) is 0 Å². The second-order valence-corrected chi connectivity index (χ2v) is 7.19. The maximum absolute atomic E-state index is 3.44. The van der Waals surface area contributed by atoms with Gasteiger partial charge in [-0.25, -0.2) is 0 Å². The van der Waals surface area contributed by atoms with Crippen LogP contribution in [0.1, 0.15) is 50.7 Å². The average molecular weight is 445 g/mol. The summed E-state index contributed by atoms with van der Waals surface area (Å²) in [6, 6.07) is 29.1. The van der Waals surface area contributed by atoms with E-state index in [-0.39, 0.29) is 46.5 Å². The van der Waals surface area contributed by atoms with Crippen molar-refractivity contribution in [3.63, 3.8) is 0 Å². The number of halogens is 2. The van der Waals surface area contributed by atoms with Crippen molar-refractivity contribution in [2.45, 2.75) is 39.5 Å². The maximum Gasteiger partial charge on any atom is 4.00 e. The third-order valence-corrected chi connectivity index (χ3v) is 4.61. The first-order valence-electron chi connectivity index (χ1n) is 9.11. The predicted molar refractivity (Wildman–Crippen MR) is 111 cm³/mol. The van der Waals surface area contributed by atoms with E-state index in [0.717, 1.165) is 0 Å². The molecule has 0 N–H and O–H groups in total. The van der Waals surface area contributed by atoms with Crippen LogP contribution in [0.4, 0.5) is 0 Å². The molecule has 0 radical (unpaired) electrons. The molecular weight excluding hydrogens is 419 g/mol. The van der Waals surface area contributed by atoms with Gasteiger partial charge in [-0.15, -0.1) is 39.7 Å². The average Bonchev–Trinajstić information content (AvgIpc) is 3.01. The van der Waals surface area contributed by atoms with Gasteiger partial charge in [-0.05, 0) is 11.8 Å². The fourth-order valence-electron chi connectivity index (χ4n) is 3.08. The summed E-state index contributed by atoms with van der Waals surface area (Å²) in [5.41, 5.74) is 2.64. The Morgan fingerprint density at radius 3 is 1.39 bits per heavy atom. The van der Waals surface area contributed by atoms with Gasteiger partial charge in [0.15, 0.2) is 0 Å². The second kappa shape index (κ2) is 12.4. The molecule has 0 aliphatic heterocycles. The number of hydrogen-bond donors (Lipinski definition) is 0. The van der Waals surface area contributed by atoms with E-state index in [0.29, 0.717) is 11.8 Å². The Morgan fingerprint density at radius 1 is 0.607 bits per heavy atom. The van der Waals surface area contributed by atoms with E-state index in [1.807, 2.05) is 0 Å². The molecule has 0 amide bonds. The van der Waals surface area contributed by atoms with Crippen molar-refractivity contribution in [3.05, 3.63) is 90.0 Å². The van der Waals surface area contributed by atoms with Gasteiger partial charge in [-0.1, -0.05) is 64.1 Å². The Bertz CT molecular complexity index is 897. The summed E-state index contributed by atoms with van der Waals surface area (Å²) in [5.74, 6) is 1.17. The number of hydrogen-bond acceptors (Lipinski definition) is 0. The van der Waals surface area contributed by atoms with Crippen molar-refractivity contribution < 1.29 is 46.5 Å². The third kappa shape index (κ3) is 6.43. The molecule has 0 aromatic heterocycles. The maximum atomic E-state index is 3.44. The van der Waals surface area contributed by atoms with Crippen LogP contribution in [0.2, 0.25) is 0 Å². The second-order valence-electron chi connectivity index (χ2n) is 7.19. The van der Waals surface area contributed by atoms with Gasteiger partial charge in [-0.3, -0.25) is 0 Å². The Kier molecular flexibility index (Phi) is 11.9. The zero-order chi connectivity index (χ0) is 17.8. The van der Waals surface area contributed by atoms with Crippen molar-refractivity contribution in [3.8, 4) is 0 Å². The minimum absolute atomic E-state index is 0. The number of fused-ring (bicyclic) bond motifs is 3. The van der Waals surface area contributed by atoms with Gasteiger partial charge in [0.2, 0.25) is 0 Å². The quantitative estimate of drug-likeness (QED) is 0.324. The van der Waals surface area contributed by atoms with Crippen LogP contribution in [-0.4, -0.2) is 0 Å². The first-order chi connectivity index (χ1) is 12.1. The molecular formula is C25H26Cl2Ti. The molecule has 0 heterocycles. The van der Waals surface area contributed by atoms with Crippen molar-refractivity contribution in [1.29, 1.82) is 0 Å². The number of benzene rings is 3. The van der Waals surface area contributed by atoms with E-state index in [4.69, 9.17) is 0 Å². The van der Waals surface area contributed by atoms with E-state index in [9.17, 15) is 0 Å².